The largest absolute Gasteiger partial charge is 0.415 e. The summed E-state index contributed by atoms with van der Waals surface area (Å²) in [7, 11) is 1.68. The molecule has 3 heterocycles. The molecule has 5 rings (SSSR count). The van der Waals surface area contributed by atoms with Crippen LogP contribution < -0.4 is 4.74 Å². The first-order valence-electron chi connectivity index (χ1n) is 13.5. The van der Waals surface area contributed by atoms with Crippen LogP contribution in [0.15, 0.2) is 65.4 Å². The van der Waals surface area contributed by atoms with Crippen molar-refractivity contribution in [3.05, 3.63) is 76.8 Å². The zero-order valence-corrected chi connectivity index (χ0v) is 24.1. The lowest BCUT2D eigenvalue weighted by atomic mass is 9.77. The molecule has 2 fully saturated rings. The minimum Gasteiger partial charge on any atom is -0.410 e. The van der Waals surface area contributed by atoms with Gasteiger partial charge in [-0.25, -0.2) is 14.2 Å². The van der Waals surface area contributed by atoms with Gasteiger partial charge in [-0.2, -0.15) is 0 Å². The van der Waals surface area contributed by atoms with E-state index in [1.54, 1.807) is 18.2 Å². The van der Waals surface area contributed by atoms with Gasteiger partial charge in [0.05, 0.1) is 11.4 Å². The Hall–Kier alpha value is -3.10. The van der Waals surface area contributed by atoms with E-state index in [9.17, 15) is 14.0 Å². The van der Waals surface area contributed by atoms with Crippen molar-refractivity contribution in [1.82, 2.24) is 14.7 Å². The van der Waals surface area contributed by atoms with Crippen LogP contribution in [0.4, 0.5) is 9.18 Å². The molecule has 0 bridgehead atoms. The van der Waals surface area contributed by atoms with Crippen LogP contribution in [0.25, 0.3) is 0 Å². The normalized spacial score (nSPS) is 25.1. The number of likely N-dealkylation sites (N-methyl/N-ethyl adjacent to an activating group) is 1. The topological polar surface area (TPSA) is 65.5 Å². The van der Waals surface area contributed by atoms with Crippen molar-refractivity contribution in [2.24, 2.45) is 10.9 Å². The van der Waals surface area contributed by atoms with Crippen molar-refractivity contribution in [3.8, 4) is 5.75 Å². The Labute approximate surface area is 244 Å². The maximum atomic E-state index is 13.8. The van der Waals surface area contributed by atoms with Crippen molar-refractivity contribution >= 4 is 41.4 Å². The van der Waals surface area contributed by atoms with E-state index >= 15 is 0 Å². The molecule has 2 amide bonds. The molecule has 0 saturated carbocycles. The predicted molar refractivity (Wildman–Crippen MR) is 154 cm³/mol. The van der Waals surface area contributed by atoms with Crippen LogP contribution in [-0.4, -0.2) is 77.6 Å². The molecule has 3 atom stereocenters. The second-order valence-corrected chi connectivity index (χ2v) is 11.9. The lowest BCUT2D eigenvalue weighted by molar-refractivity contribution is -0.136. The Kier molecular flexibility index (Phi) is 8.38. The number of rotatable bonds is 5. The molecule has 7 nitrogen and oxygen atoms in total. The highest BCUT2D eigenvalue weighted by atomic mass is 35.5. The van der Waals surface area contributed by atoms with Crippen molar-refractivity contribution in [1.29, 1.82) is 0 Å². The molecule has 2 aromatic rings. The number of benzene rings is 2. The molecule has 3 aliphatic heterocycles. The summed E-state index contributed by atoms with van der Waals surface area (Å²) in [6.07, 6.45) is 5.49. The third-order valence-corrected chi connectivity index (χ3v) is 8.84. The second kappa shape index (κ2) is 11.8. The van der Waals surface area contributed by atoms with Crippen LogP contribution in [-0.2, 0) is 10.2 Å². The van der Waals surface area contributed by atoms with Gasteiger partial charge in [0, 0.05) is 55.8 Å². The predicted octanol–water partition coefficient (Wildman–Crippen LogP) is 5.71. The van der Waals surface area contributed by atoms with Crippen molar-refractivity contribution < 1.29 is 18.7 Å². The number of aliphatic imine (C=N–C) groups is 1. The molecule has 0 N–H and O–H groups in total. The number of alkyl halides is 1. The fraction of sp³-hybridized carbons (Fsp3) is 0.433. The number of carbonyl (C=O) groups is 2. The highest BCUT2D eigenvalue weighted by molar-refractivity contribution is 6.30. The van der Waals surface area contributed by atoms with Gasteiger partial charge in [0.25, 0.3) is 0 Å². The van der Waals surface area contributed by atoms with Crippen molar-refractivity contribution in [2.45, 2.75) is 43.0 Å². The van der Waals surface area contributed by atoms with Gasteiger partial charge in [-0.15, -0.1) is 11.6 Å². The molecule has 2 saturated heterocycles. The first kappa shape index (κ1) is 28.4. The van der Waals surface area contributed by atoms with Crippen molar-refractivity contribution in [3.63, 3.8) is 0 Å². The number of likely N-dealkylation sites (tertiary alicyclic amines) is 2. The van der Waals surface area contributed by atoms with E-state index in [1.165, 1.54) is 24.3 Å². The number of amides is 2. The van der Waals surface area contributed by atoms with Gasteiger partial charge in [-0.05, 0) is 67.3 Å². The summed E-state index contributed by atoms with van der Waals surface area (Å²) in [5, 5.41) is 0.552. The van der Waals surface area contributed by atoms with Gasteiger partial charge in [-0.3, -0.25) is 4.79 Å². The van der Waals surface area contributed by atoms with E-state index in [0.717, 1.165) is 43.7 Å². The number of allylic oxidation sites excluding steroid dienone is 1. The highest BCUT2D eigenvalue weighted by Crippen LogP contribution is 2.39. The SMILES string of the molecule is CN(C(=O)Oc1ccc(F)cc1)[C@@H]1CN(C(=O)C2CCN(C3=CCC(Cl)C=N3)CC2)C[C@@]1(C)c1ccc(Cl)cc1. The Morgan fingerprint density at radius 2 is 1.77 bits per heavy atom. The second-order valence-electron chi connectivity index (χ2n) is 10.9. The third kappa shape index (κ3) is 5.98. The van der Waals surface area contributed by atoms with Crippen molar-refractivity contribution in [2.75, 3.05) is 33.2 Å². The summed E-state index contributed by atoms with van der Waals surface area (Å²) >= 11 is 12.3. The molecule has 0 aromatic heterocycles. The van der Waals surface area contributed by atoms with Crippen LogP contribution in [0.5, 0.6) is 5.75 Å². The molecule has 2 aromatic carbocycles. The Bertz CT molecular complexity index is 1300. The Morgan fingerprint density at radius 1 is 1.10 bits per heavy atom. The zero-order chi connectivity index (χ0) is 28.4. The van der Waals surface area contributed by atoms with Crippen LogP contribution in [0.1, 0.15) is 31.7 Å². The van der Waals surface area contributed by atoms with Crippen LogP contribution in [0, 0.1) is 11.7 Å². The highest BCUT2D eigenvalue weighted by Gasteiger charge is 2.50. The average molecular weight is 588 g/mol. The molecule has 0 aliphatic carbocycles. The standard InChI is InChI=1S/C30H33Cl2FN4O3/c1-30(21-3-5-22(31)6-4-21)19-37(18-26(30)35(2)29(39)40-25-10-8-24(33)9-11-25)28(38)20-13-15-36(16-14-20)27-12-7-23(32)17-34-27/h3-6,8-12,17,20,23,26H,7,13-16,18-19H2,1-2H3/t23?,26-,30+/m1/s1. The van der Waals surface area contributed by atoms with E-state index < -0.39 is 17.3 Å². The molecule has 3 aliphatic rings. The minimum atomic E-state index is -0.570. The van der Waals surface area contributed by atoms with Crippen LogP contribution >= 0.6 is 23.2 Å². The van der Waals surface area contributed by atoms with E-state index in [-0.39, 0.29) is 29.0 Å². The third-order valence-electron chi connectivity index (χ3n) is 8.30. The monoisotopic (exact) mass is 586 g/mol. The first-order chi connectivity index (χ1) is 19.1. The minimum absolute atomic E-state index is 0.0629. The number of piperidine rings is 1. The van der Waals surface area contributed by atoms with Gasteiger partial charge in [-0.1, -0.05) is 30.7 Å². The van der Waals surface area contributed by atoms with E-state index in [0.29, 0.717) is 18.1 Å². The number of nitrogens with zero attached hydrogens (tertiary/aromatic N) is 4. The summed E-state index contributed by atoms with van der Waals surface area (Å²) in [4.78, 5) is 37.1. The van der Waals surface area contributed by atoms with E-state index in [2.05, 4.69) is 22.9 Å². The number of hydrogen-bond acceptors (Lipinski definition) is 5. The first-order valence-corrected chi connectivity index (χ1v) is 14.3. The lowest BCUT2D eigenvalue weighted by Gasteiger charge is -2.36. The van der Waals surface area contributed by atoms with Gasteiger partial charge in [0.15, 0.2) is 0 Å². The molecule has 1 unspecified atom stereocenters. The van der Waals surface area contributed by atoms with Gasteiger partial charge < -0.3 is 19.4 Å². The smallest absolute Gasteiger partial charge is 0.410 e. The average Bonchev–Trinajstić information content (AvgIpc) is 3.32. The molecule has 0 radical (unpaired) electrons. The molecular formula is C30H33Cl2FN4O3. The number of halogens is 3. The van der Waals surface area contributed by atoms with Crippen LogP contribution in [0.2, 0.25) is 5.02 Å². The number of hydrogen-bond donors (Lipinski definition) is 0. The lowest BCUT2D eigenvalue weighted by Crippen LogP contribution is -2.50. The fourth-order valence-corrected chi connectivity index (χ4v) is 6.20. The molecule has 10 heteroatoms. The van der Waals surface area contributed by atoms with Crippen LogP contribution in [0.3, 0.4) is 0 Å². The molecule has 40 heavy (non-hydrogen) atoms. The summed E-state index contributed by atoms with van der Waals surface area (Å²) in [5.74, 6) is 0.773. The quantitative estimate of drug-likeness (QED) is 0.421. The number of carbonyl (C=O) groups excluding carboxylic acids is 2. The summed E-state index contributed by atoms with van der Waals surface area (Å²) in [6.45, 7) is 4.40. The Morgan fingerprint density at radius 3 is 2.40 bits per heavy atom. The summed E-state index contributed by atoms with van der Waals surface area (Å²) in [6, 6.07) is 12.5. The van der Waals surface area contributed by atoms with Gasteiger partial charge >= 0.3 is 6.09 Å². The molecular weight excluding hydrogens is 554 g/mol. The summed E-state index contributed by atoms with van der Waals surface area (Å²) < 4.78 is 18.9. The zero-order valence-electron chi connectivity index (χ0n) is 22.6. The maximum Gasteiger partial charge on any atom is 0.415 e. The van der Waals surface area contributed by atoms with E-state index in [1.807, 2.05) is 29.2 Å². The summed E-state index contributed by atoms with van der Waals surface area (Å²) in [5.41, 5.74) is 0.421. The number of ether oxygens (including phenoxy) is 1. The Balaban J connectivity index is 1.31. The molecule has 0 spiro atoms. The molecule has 212 valence electrons. The fourth-order valence-electron chi connectivity index (χ4n) is 5.92. The van der Waals surface area contributed by atoms with Gasteiger partial charge in [0.2, 0.25) is 5.91 Å². The van der Waals surface area contributed by atoms with Gasteiger partial charge in [0.1, 0.15) is 17.4 Å². The maximum absolute atomic E-state index is 13.8. The van der Waals surface area contributed by atoms with E-state index in [4.69, 9.17) is 27.9 Å².